The summed E-state index contributed by atoms with van der Waals surface area (Å²) in [4.78, 5) is 37.0. The Hall–Kier alpha value is -3.48. The molecule has 0 radical (unpaired) electrons. The Morgan fingerprint density at radius 3 is 2.12 bits per heavy atom. The molecule has 7 nitrogen and oxygen atoms in total. The lowest BCUT2D eigenvalue weighted by molar-refractivity contribution is 0.0696. The predicted octanol–water partition coefficient (Wildman–Crippen LogP) is 2.38. The van der Waals surface area contributed by atoms with Crippen LogP contribution >= 0.6 is 0 Å². The standard InChI is InChI=1S/C17H12N2O5/c1-9(18-24)10-2-5-12(6-3-10)19-15(20)13-7-4-11(17(22)23)8-14(13)16(19)21/h2-8,24H,1H3,(H,22,23)/b18-9+. The fraction of sp³-hybridized carbons (Fsp3) is 0.0588. The van der Waals surface area contributed by atoms with Crippen molar-refractivity contribution in [3.63, 3.8) is 0 Å². The third kappa shape index (κ3) is 2.32. The van der Waals surface area contributed by atoms with E-state index in [1.165, 1.54) is 18.2 Å². The van der Waals surface area contributed by atoms with Crippen LogP contribution in [0.25, 0.3) is 0 Å². The number of oxime groups is 1. The van der Waals surface area contributed by atoms with Gasteiger partial charge in [-0.3, -0.25) is 9.59 Å². The van der Waals surface area contributed by atoms with Gasteiger partial charge in [0.15, 0.2) is 0 Å². The third-order valence-electron chi connectivity index (χ3n) is 3.83. The SMILES string of the molecule is C/C(=N\O)c1ccc(N2C(=O)c3ccc(C(=O)O)cc3C2=O)cc1. The Morgan fingerprint density at radius 1 is 0.958 bits per heavy atom. The molecule has 0 saturated carbocycles. The first-order chi connectivity index (χ1) is 11.4. The van der Waals surface area contributed by atoms with E-state index in [2.05, 4.69) is 5.16 Å². The fourth-order valence-corrected chi connectivity index (χ4v) is 2.52. The molecule has 1 heterocycles. The highest BCUT2D eigenvalue weighted by molar-refractivity contribution is 6.34. The van der Waals surface area contributed by atoms with E-state index >= 15 is 0 Å². The molecule has 0 fully saturated rings. The molecule has 0 spiro atoms. The molecule has 7 heteroatoms. The van der Waals surface area contributed by atoms with Crippen molar-refractivity contribution < 1.29 is 24.7 Å². The smallest absolute Gasteiger partial charge is 0.335 e. The van der Waals surface area contributed by atoms with Crippen molar-refractivity contribution in [3.8, 4) is 0 Å². The van der Waals surface area contributed by atoms with Crippen LogP contribution < -0.4 is 4.90 Å². The molecule has 0 bridgehead atoms. The van der Waals surface area contributed by atoms with Crippen LogP contribution in [-0.2, 0) is 0 Å². The minimum Gasteiger partial charge on any atom is -0.478 e. The zero-order valence-electron chi connectivity index (χ0n) is 12.6. The van der Waals surface area contributed by atoms with Crippen LogP contribution in [0.2, 0.25) is 0 Å². The zero-order valence-corrected chi connectivity index (χ0v) is 12.6. The van der Waals surface area contributed by atoms with Crippen molar-refractivity contribution in [2.24, 2.45) is 5.16 Å². The van der Waals surface area contributed by atoms with E-state index in [1.54, 1.807) is 31.2 Å². The molecule has 2 amide bonds. The van der Waals surface area contributed by atoms with E-state index < -0.39 is 17.8 Å². The maximum Gasteiger partial charge on any atom is 0.335 e. The van der Waals surface area contributed by atoms with Gasteiger partial charge in [0.05, 0.1) is 28.1 Å². The average Bonchev–Trinajstić information content (AvgIpc) is 2.85. The summed E-state index contributed by atoms with van der Waals surface area (Å²) >= 11 is 0. The van der Waals surface area contributed by atoms with Crippen LogP contribution in [0, 0.1) is 0 Å². The van der Waals surface area contributed by atoms with Gasteiger partial charge in [0, 0.05) is 0 Å². The minimum atomic E-state index is -1.17. The summed E-state index contributed by atoms with van der Waals surface area (Å²) in [5, 5.41) is 20.9. The number of rotatable bonds is 3. The Kier molecular flexibility index (Phi) is 3.61. The molecule has 0 aromatic heterocycles. The Bertz CT molecular complexity index is 900. The zero-order chi connectivity index (χ0) is 17.4. The number of hydrogen-bond acceptors (Lipinski definition) is 5. The molecular formula is C17H12N2O5. The summed E-state index contributed by atoms with van der Waals surface area (Å²) in [6, 6.07) is 10.2. The number of carboxylic acid groups (broad SMARTS) is 1. The second kappa shape index (κ2) is 5.62. The number of carbonyl (C=O) groups is 3. The molecule has 1 aliphatic rings. The van der Waals surface area contributed by atoms with Crippen LogP contribution in [0.15, 0.2) is 47.6 Å². The van der Waals surface area contributed by atoms with E-state index in [9.17, 15) is 14.4 Å². The maximum atomic E-state index is 12.5. The lowest BCUT2D eigenvalue weighted by atomic mass is 10.1. The van der Waals surface area contributed by atoms with Gasteiger partial charge in [-0.1, -0.05) is 17.3 Å². The summed E-state index contributed by atoms with van der Waals surface area (Å²) in [5.74, 6) is -2.25. The molecule has 2 aromatic rings. The topological polar surface area (TPSA) is 107 Å². The number of carboxylic acids is 1. The average molecular weight is 324 g/mol. The van der Waals surface area contributed by atoms with Crippen molar-refractivity contribution in [3.05, 3.63) is 64.7 Å². The Morgan fingerprint density at radius 2 is 1.54 bits per heavy atom. The van der Waals surface area contributed by atoms with E-state index in [-0.39, 0.29) is 16.7 Å². The van der Waals surface area contributed by atoms with Gasteiger partial charge in [0.2, 0.25) is 0 Å². The van der Waals surface area contributed by atoms with E-state index in [1.807, 2.05) is 0 Å². The maximum absolute atomic E-state index is 12.5. The molecule has 24 heavy (non-hydrogen) atoms. The number of hydrogen-bond donors (Lipinski definition) is 2. The van der Waals surface area contributed by atoms with Crippen molar-refractivity contribution in [2.75, 3.05) is 4.90 Å². The highest BCUT2D eigenvalue weighted by atomic mass is 16.4. The largest absolute Gasteiger partial charge is 0.478 e. The Labute approximate surface area is 136 Å². The van der Waals surface area contributed by atoms with Crippen molar-refractivity contribution >= 4 is 29.2 Å². The molecule has 0 atom stereocenters. The molecular weight excluding hydrogens is 312 g/mol. The van der Waals surface area contributed by atoms with Crippen LogP contribution in [-0.4, -0.2) is 33.8 Å². The summed E-state index contributed by atoms with van der Waals surface area (Å²) in [6.45, 7) is 1.62. The van der Waals surface area contributed by atoms with Crippen LogP contribution in [0.3, 0.4) is 0 Å². The first-order valence-corrected chi connectivity index (χ1v) is 6.99. The van der Waals surface area contributed by atoms with Crippen molar-refractivity contribution in [1.29, 1.82) is 0 Å². The first-order valence-electron chi connectivity index (χ1n) is 6.99. The van der Waals surface area contributed by atoms with Gasteiger partial charge < -0.3 is 10.3 Å². The highest BCUT2D eigenvalue weighted by Gasteiger charge is 2.37. The van der Waals surface area contributed by atoms with Gasteiger partial charge in [-0.2, -0.15) is 0 Å². The second-order valence-corrected chi connectivity index (χ2v) is 5.24. The number of anilines is 1. The first kappa shape index (κ1) is 15.4. The van der Waals surface area contributed by atoms with Crippen molar-refractivity contribution in [2.45, 2.75) is 6.92 Å². The number of fused-ring (bicyclic) bond motifs is 1. The van der Waals surface area contributed by atoms with Gasteiger partial charge in [0.25, 0.3) is 11.8 Å². The van der Waals surface area contributed by atoms with Crippen LogP contribution in [0.1, 0.15) is 43.6 Å². The molecule has 2 aromatic carbocycles. The van der Waals surface area contributed by atoms with E-state index in [4.69, 9.17) is 10.3 Å². The molecule has 0 saturated heterocycles. The normalized spacial score (nSPS) is 14.0. The lowest BCUT2D eigenvalue weighted by Gasteiger charge is -2.14. The molecule has 1 aliphatic heterocycles. The van der Waals surface area contributed by atoms with E-state index in [0.29, 0.717) is 17.0 Å². The number of carbonyl (C=O) groups excluding carboxylic acids is 2. The van der Waals surface area contributed by atoms with Gasteiger partial charge in [-0.25, -0.2) is 9.69 Å². The number of benzene rings is 2. The summed E-state index contributed by atoms with van der Waals surface area (Å²) in [7, 11) is 0. The number of imide groups is 1. The fourth-order valence-electron chi connectivity index (χ4n) is 2.52. The number of amides is 2. The summed E-state index contributed by atoms with van der Waals surface area (Å²) in [5.41, 5.74) is 1.58. The predicted molar refractivity (Wildman–Crippen MR) is 85.0 cm³/mol. The number of aromatic carboxylic acids is 1. The van der Waals surface area contributed by atoms with Gasteiger partial charge in [0.1, 0.15) is 0 Å². The Balaban J connectivity index is 2.00. The lowest BCUT2D eigenvalue weighted by Crippen LogP contribution is -2.29. The van der Waals surface area contributed by atoms with Gasteiger partial charge in [-0.05, 0) is 42.8 Å². The second-order valence-electron chi connectivity index (χ2n) is 5.24. The molecule has 120 valence electrons. The van der Waals surface area contributed by atoms with Gasteiger partial charge >= 0.3 is 5.97 Å². The highest BCUT2D eigenvalue weighted by Crippen LogP contribution is 2.29. The van der Waals surface area contributed by atoms with Gasteiger partial charge in [-0.15, -0.1) is 0 Å². The minimum absolute atomic E-state index is 0.0538. The molecule has 2 N–H and O–H groups in total. The molecule has 0 unspecified atom stereocenters. The van der Waals surface area contributed by atoms with Crippen LogP contribution in [0.4, 0.5) is 5.69 Å². The third-order valence-corrected chi connectivity index (χ3v) is 3.83. The summed E-state index contributed by atoms with van der Waals surface area (Å²) in [6.07, 6.45) is 0. The quantitative estimate of drug-likeness (QED) is 0.390. The number of nitrogens with zero attached hydrogens (tertiary/aromatic N) is 2. The summed E-state index contributed by atoms with van der Waals surface area (Å²) < 4.78 is 0. The van der Waals surface area contributed by atoms with E-state index in [0.717, 1.165) is 4.90 Å². The monoisotopic (exact) mass is 324 g/mol. The van der Waals surface area contributed by atoms with Crippen LogP contribution in [0.5, 0.6) is 0 Å². The molecule has 0 aliphatic carbocycles. The molecule has 3 rings (SSSR count). The van der Waals surface area contributed by atoms with Crippen molar-refractivity contribution in [1.82, 2.24) is 0 Å².